The van der Waals surface area contributed by atoms with E-state index in [1.807, 2.05) is 6.07 Å². The van der Waals surface area contributed by atoms with Crippen LogP contribution in [0.2, 0.25) is 0 Å². The molecule has 2 saturated heterocycles. The molecule has 6 rings (SSSR count). The van der Waals surface area contributed by atoms with Crippen molar-refractivity contribution in [3.63, 3.8) is 0 Å². The molecule has 4 aromatic carbocycles. The topological polar surface area (TPSA) is 209 Å². The molecule has 16 nitrogen and oxygen atoms in total. The summed E-state index contributed by atoms with van der Waals surface area (Å²) in [5.41, 5.74) is 1.00. The van der Waals surface area contributed by atoms with E-state index in [4.69, 9.17) is 42.6 Å². The first-order valence-corrected chi connectivity index (χ1v) is 19.0. The van der Waals surface area contributed by atoms with E-state index in [2.05, 4.69) is 0 Å². The number of carbonyl (C=O) groups excluding carboxylic acids is 5. The van der Waals surface area contributed by atoms with Gasteiger partial charge in [0.1, 0.15) is 18.3 Å². The predicted octanol–water partition coefficient (Wildman–Crippen LogP) is 3.56. The minimum atomic E-state index is -2.00. The summed E-state index contributed by atoms with van der Waals surface area (Å²) in [6.45, 7) is 0.913. The van der Waals surface area contributed by atoms with Gasteiger partial charge in [0.15, 0.2) is 43.1 Å². The number of esters is 5. The standard InChI is InChI=1S/C44H44O16/c1-26(46)54-34-32(23-45)57-44(39(55-27(2)47)36(34)52-24-28-15-7-3-8-16-28)53-25-33-35(58-40(48)29-17-9-4-10-18-29)37(59-41(49)30-19-11-5-12-20-30)38(43(51)56-33)60-42(50)31-21-13-6-14-22-31/h3-22,32-39,43-45,51H,23-25H2,1-2H3/t32-,33-,34+,35+,36+,37+,38-,39-,43-,44-/m1/s1. The quantitative estimate of drug-likeness (QED) is 0.130. The Balaban J connectivity index is 1.34. The van der Waals surface area contributed by atoms with Gasteiger partial charge < -0.3 is 52.8 Å². The van der Waals surface area contributed by atoms with Gasteiger partial charge in [-0.05, 0) is 42.0 Å². The molecule has 2 fully saturated rings. The van der Waals surface area contributed by atoms with Gasteiger partial charge in [-0.1, -0.05) is 84.9 Å². The number of aliphatic hydroxyl groups excluding tert-OH is 2. The van der Waals surface area contributed by atoms with Crippen molar-refractivity contribution >= 4 is 29.8 Å². The lowest BCUT2D eigenvalue weighted by Crippen LogP contribution is -2.64. The molecular formula is C44H44O16. The average molecular weight is 829 g/mol. The summed E-state index contributed by atoms with van der Waals surface area (Å²) in [5, 5.41) is 21.9. The summed E-state index contributed by atoms with van der Waals surface area (Å²) in [5.74, 6) is -4.25. The van der Waals surface area contributed by atoms with E-state index in [9.17, 15) is 34.2 Å². The third kappa shape index (κ3) is 11.2. The Labute approximate surface area is 344 Å². The van der Waals surface area contributed by atoms with Crippen molar-refractivity contribution in [3.8, 4) is 0 Å². The molecule has 0 aromatic heterocycles. The van der Waals surface area contributed by atoms with Crippen LogP contribution in [-0.4, -0.2) is 115 Å². The van der Waals surface area contributed by atoms with Crippen molar-refractivity contribution in [2.45, 2.75) is 81.9 Å². The molecular weight excluding hydrogens is 784 g/mol. The van der Waals surface area contributed by atoms with E-state index < -0.39 is 104 Å². The summed E-state index contributed by atoms with van der Waals surface area (Å²) in [6, 6.07) is 32.4. The van der Waals surface area contributed by atoms with Gasteiger partial charge in [-0.3, -0.25) is 9.59 Å². The molecule has 316 valence electrons. The highest BCUT2D eigenvalue weighted by Gasteiger charge is 2.55. The molecule has 0 saturated carbocycles. The van der Waals surface area contributed by atoms with Gasteiger partial charge in [-0.15, -0.1) is 0 Å². The molecule has 0 spiro atoms. The van der Waals surface area contributed by atoms with Crippen LogP contribution >= 0.6 is 0 Å². The highest BCUT2D eigenvalue weighted by molar-refractivity contribution is 5.91. The first-order valence-electron chi connectivity index (χ1n) is 19.0. The molecule has 2 heterocycles. The summed E-state index contributed by atoms with van der Waals surface area (Å²) in [7, 11) is 0. The van der Waals surface area contributed by atoms with Gasteiger partial charge in [0, 0.05) is 13.8 Å². The van der Waals surface area contributed by atoms with Crippen molar-refractivity contribution in [2.75, 3.05) is 13.2 Å². The van der Waals surface area contributed by atoms with Crippen LogP contribution in [0.4, 0.5) is 0 Å². The molecule has 10 atom stereocenters. The van der Waals surface area contributed by atoms with Gasteiger partial charge in [-0.25, -0.2) is 14.4 Å². The fourth-order valence-electron chi connectivity index (χ4n) is 6.69. The van der Waals surface area contributed by atoms with Crippen LogP contribution in [-0.2, 0) is 58.8 Å². The lowest BCUT2D eigenvalue weighted by Gasteiger charge is -2.46. The van der Waals surface area contributed by atoms with Gasteiger partial charge in [0.05, 0.1) is 36.5 Å². The highest BCUT2D eigenvalue weighted by Crippen LogP contribution is 2.33. The zero-order chi connectivity index (χ0) is 42.6. The van der Waals surface area contributed by atoms with Crippen LogP contribution in [0.1, 0.15) is 50.5 Å². The van der Waals surface area contributed by atoms with Crippen LogP contribution in [0.3, 0.4) is 0 Å². The molecule has 0 unspecified atom stereocenters. The van der Waals surface area contributed by atoms with E-state index in [1.165, 1.54) is 36.4 Å². The van der Waals surface area contributed by atoms with Crippen LogP contribution in [0, 0.1) is 0 Å². The van der Waals surface area contributed by atoms with E-state index in [-0.39, 0.29) is 23.3 Å². The highest BCUT2D eigenvalue weighted by atomic mass is 16.7. The maximum atomic E-state index is 13.7. The zero-order valence-electron chi connectivity index (χ0n) is 32.6. The Morgan fingerprint density at radius 3 is 1.42 bits per heavy atom. The SMILES string of the molecule is CC(=O)O[C@@H]1[C@H](OCc2ccccc2)[C@@H](OC(C)=O)[C@H](OC[C@H]2O[C@@H](O)[C@H](OC(=O)c3ccccc3)[C@@H](OC(=O)c3ccccc3)[C@H]2OC(=O)c2ccccc2)O[C@@H]1CO. The van der Waals surface area contributed by atoms with Gasteiger partial charge in [-0.2, -0.15) is 0 Å². The number of hydrogen-bond donors (Lipinski definition) is 2. The molecule has 0 aliphatic carbocycles. The summed E-state index contributed by atoms with van der Waals surface area (Å²) in [4.78, 5) is 65.6. The molecule has 60 heavy (non-hydrogen) atoms. The molecule has 4 aromatic rings. The van der Waals surface area contributed by atoms with Crippen LogP contribution < -0.4 is 0 Å². The fourth-order valence-corrected chi connectivity index (χ4v) is 6.69. The Bertz CT molecular complexity index is 2030. The zero-order valence-corrected chi connectivity index (χ0v) is 32.6. The van der Waals surface area contributed by atoms with Crippen LogP contribution in [0.5, 0.6) is 0 Å². The van der Waals surface area contributed by atoms with E-state index in [0.717, 1.165) is 19.4 Å². The van der Waals surface area contributed by atoms with Crippen LogP contribution in [0.15, 0.2) is 121 Å². The van der Waals surface area contributed by atoms with Gasteiger partial charge in [0.2, 0.25) is 0 Å². The number of carbonyl (C=O) groups is 5. The van der Waals surface area contributed by atoms with Crippen molar-refractivity contribution in [3.05, 3.63) is 144 Å². The normalized spacial score (nSPS) is 26.2. The summed E-state index contributed by atoms with van der Waals surface area (Å²) >= 11 is 0. The number of ether oxygens (including phenoxy) is 9. The number of hydrogen-bond acceptors (Lipinski definition) is 16. The smallest absolute Gasteiger partial charge is 0.338 e. The third-order valence-electron chi connectivity index (χ3n) is 9.45. The van der Waals surface area contributed by atoms with Crippen molar-refractivity contribution in [2.24, 2.45) is 0 Å². The van der Waals surface area contributed by atoms with Gasteiger partial charge in [0.25, 0.3) is 0 Å². The molecule has 2 aliphatic rings. The molecule has 16 heteroatoms. The number of aliphatic hydroxyl groups is 2. The second kappa shape index (κ2) is 20.8. The minimum absolute atomic E-state index is 0.0428. The van der Waals surface area contributed by atoms with Crippen molar-refractivity contribution in [1.29, 1.82) is 0 Å². The lowest BCUT2D eigenvalue weighted by molar-refractivity contribution is -0.331. The Hall–Kier alpha value is -6.01. The molecule has 2 N–H and O–H groups in total. The molecule has 0 bridgehead atoms. The second-order valence-electron chi connectivity index (χ2n) is 13.7. The molecule has 0 amide bonds. The first-order chi connectivity index (χ1) is 29.0. The lowest BCUT2D eigenvalue weighted by atomic mass is 9.97. The average Bonchev–Trinajstić information content (AvgIpc) is 3.26. The monoisotopic (exact) mass is 828 g/mol. The Morgan fingerprint density at radius 2 is 0.933 bits per heavy atom. The van der Waals surface area contributed by atoms with Crippen molar-refractivity contribution < 1.29 is 76.8 Å². The van der Waals surface area contributed by atoms with Gasteiger partial charge >= 0.3 is 29.8 Å². The Morgan fingerprint density at radius 1 is 0.500 bits per heavy atom. The number of benzene rings is 4. The largest absolute Gasteiger partial charge is 0.457 e. The predicted molar refractivity (Wildman–Crippen MR) is 206 cm³/mol. The first kappa shape index (κ1) is 43.6. The molecule has 0 radical (unpaired) electrons. The fraction of sp³-hybridized carbons (Fsp3) is 0.341. The Kier molecular flexibility index (Phi) is 15.1. The maximum Gasteiger partial charge on any atom is 0.338 e. The maximum absolute atomic E-state index is 13.7. The second-order valence-corrected chi connectivity index (χ2v) is 13.7. The van der Waals surface area contributed by atoms with E-state index >= 15 is 0 Å². The van der Waals surface area contributed by atoms with E-state index in [0.29, 0.717) is 0 Å². The van der Waals surface area contributed by atoms with Crippen LogP contribution in [0.25, 0.3) is 0 Å². The van der Waals surface area contributed by atoms with E-state index in [1.54, 1.807) is 78.9 Å². The third-order valence-corrected chi connectivity index (χ3v) is 9.45. The summed E-state index contributed by atoms with van der Waals surface area (Å²) in [6.07, 6.45) is -15.4. The molecule has 2 aliphatic heterocycles. The minimum Gasteiger partial charge on any atom is -0.457 e. The summed E-state index contributed by atoms with van der Waals surface area (Å²) < 4.78 is 53.2. The van der Waals surface area contributed by atoms with Crippen molar-refractivity contribution in [1.82, 2.24) is 0 Å². The number of rotatable bonds is 15.